The van der Waals surface area contributed by atoms with Crippen molar-refractivity contribution < 1.29 is 9.90 Å². The fourth-order valence-electron chi connectivity index (χ4n) is 3.15. The van der Waals surface area contributed by atoms with Gasteiger partial charge in [0.1, 0.15) is 0 Å². The van der Waals surface area contributed by atoms with Crippen LogP contribution in [0.15, 0.2) is 0 Å². The molecule has 2 rings (SSSR count). The molecule has 19 heavy (non-hydrogen) atoms. The van der Waals surface area contributed by atoms with Gasteiger partial charge in [0.15, 0.2) is 0 Å². The van der Waals surface area contributed by atoms with Crippen molar-refractivity contribution in [1.29, 1.82) is 0 Å². The van der Waals surface area contributed by atoms with Gasteiger partial charge >= 0.3 is 0 Å². The number of carbonyl (C=O) groups excluding carboxylic acids is 1. The highest BCUT2D eigenvalue weighted by atomic mass is 16.3. The van der Waals surface area contributed by atoms with Crippen molar-refractivity contribution >= 4 is 5.91 Å². The topological polar surface area (TPSA) is 47.0 Å². The normalized spacial score (nSPS) is 30.7. The second kappa shape index (κ2) is 6.20. The Bertz CT molecular complexity index is 314. The van der Waals surface area contributed by atoms with Crippen LogP contribution in [-0.4, -0.2) is 85.2 Å². The number of hydrogen-bond donors (Lipinski definition) is 1. The smallest absolute Gasteiger partial charge is 0.222 e. The second-order valence-corrected chi connectivity index (χ2v) is 6.31. The lowest BCUT2D eigenvalue weighted by molar-refractivity contribution is -0.130. The van der Waals surface area contributed by atoms with Gasteiger partial charge in [0.2, 0.25) is 5.91 Å². The van der Waals surface area contributed by atoms with Crippen LogP contribution in [0.5, 0.6) is 0 Å². The molecule has 0 radical (unpaired) electrons. The van der Waals surface area contributed by atoms with Gasteiger partial charge < -0.3 is 14.9 Å². The number of aliphatic hydroxyl groups excluding tert-OH is 1. The fourth-order valence-corrected chi connectivity index (χ4v) is 3.15. The van der Waals surface area contributed by atoms with Gasteiger partial charge in [-0.25, -0.2) is 0 Å². The quantitative estimate of drug-likeness (QED) is 0.774. The zero-order valence-electron chi connectivity index (χ0n) is 12.4. The van der Waals surface area contributed by atoms with Crippen molar-refractivity contribution in [3.63, 3.8) is 0 Å². The first-order valence-electron chi connectivity index (χ1n) is 7.28. The first-order valence-corrected chi connectivity index (χ1v) is 7.28. The molecule has 1 N–H and O–H groups in total. The molecule has 2 fully saturated rings. The van der Waals surface area contributed by atoms with Gasteiger partial charge in [0.05, 0.1) is 6.10 Å². The van der Waals surface area contributed by atoms with Crippen LogP contribution in [0.4, 0.5) is 0 Å². The molecule has 0 saturated carbocycles. The van der Waals surface area contributed by atoms with Crippen LogP contribution in [0, 0.1) is 5.92 Å². The molecule has 2 aliphatic heterocycles. The molecule has 0 aliphatic carbocycles. The summed E-state index contributed by atoms with van der Waals surface area (Å²) >= 11 is 0. The first kappa shape index (κ1) is 14.8. The fraction of sp³-hybridized carbons (Fsp3) is 0.929. The molecule has 1 amide bonds. The summed E-state index contributed by atoms with van der Waals surface area (Å²) in [5.74, 6) is 0.226. The minimum absolute atomic E-state index is 0.106. The zero-order chi connectivity index (χ0) is 14.0. The Balaban J connectivity index is 1.85. The summed E-state index contributed by atoms with van der Waals surface area (Å²) in [6, 6.07) is 0.588. The molecular weight excluding hydrogens is 242 g/mol. The number of hydrogen-bond acceptors (Lipinski definition) is 4. The predicted octanol–water partition coefficient (Wildman–Crippen LogP) is -0.148. The number of piperidine rings is 1. The monoisotopic (exact) mass is 269 g/mol. The summed E-state index contributed by atoms with van der Waals surface area (Å²) in [6.45, 7) is 3.88. The molecule has 2 aliphatic rings. The summed E-state index contributed by atoms with van der Waals surface area (Å²) < 4.78 is 0. The van der Waals surface area contributed by atoms with Crippen molar-refractivity contribution in [3.05, 3.63) is 0 Å². The van der Waals surface area contributed by atoms with Gasteiger partial charge in [-0.3, -0.25) is 9.69 Å². The van der Waals surface area contributed by atoms with E-state index in [1.165, 1.54) is 12.8 Å². The van der Waals surface area contributed by atoms with Gasteiger partial charge in [0.25, 0.3) is 0 Å². The van der Waals surface area contributed by atoms with Crippen LogP contribution >= 0.6 is 0 Å². The lowest BCUT2D eigenvalue weighted by atomic mass is 10.0. The number of amides is 1. The summed E-state index contributed by atoms with van der Waals surface area (Å²) in [6.07, 6.45) is 2.48. The largest absolute Gasteiger partial charge is 0.391 e. The van der Waals surface area contributed by atoms with Crippen molar-refractivity contribution in [2.24, 2.45) is 5.92 Å². The van der Waals surface area contributed by atoms with E-state index in [1.54, 1.807) is 19.0 Å². The molecule has 0 bridgehead atoms. The third-order valence-corrected chi connectivity index (χ3v) is 4.57. The zero-order valence-corrected chi connectivity index (χ0v) is 12.4. The SMILES string of the molecule is CN1CCC(N2C[C@H](CC(=O)N(C)C)[C@@H](O)C2)CC1. The Kier molecular flexibility index (Phi) is 4.81. The van der Waals surface area contributed by atoms with Gasteiger partial charge in [-0.05, 0) is 33.0 Å². The van der Waals surface area contributed by atoms with E-state index in [0.717, 1.165) is 26.2 Å². The summed E-state index contributed by atoms with van der Waals surface area (Å²) in [5.41, 5.74) is 0. The molecule has 0 spiro atoms. The number of β-amino-alcohol motifs (C(OH)–C–C–N with tert-alkyl or cyclic N) is 1. The highest BCUT2D eigenvalue weighted by molar-refractivity contribution is 5.75. The van der Waals surface area contributed by atoms with Gasteiger partial charge in [-0.1, -0.05) is 0 Å². The molecule has 2 atom stereocenters. The van der Waals surface area contributed by atoms with E-state index in [1.807, 2.05) is 0 Å². The highest BCUT2D eigenvalue weighted by Crippen LogP contribution is 2.26. The summed E-state index contributed by atoms with van der Waals surface area (Å²) in [5, 5.41) is 10.1. The Morgan fingerprint density at radius 1 is 1.26 bits per heavy atom. The Morgan fingerprint density at radius 2 is 1.89 bits per heavy atom. The maximum atomic E-state index is 11.8. The summed E-state index contributed by atoms with van der Waals surface area (Å²) in [7, 11) is 5.71. The molecule has 0 aromatic rings. The summed E-state index contributed by atoms with van der Waals surface area (Å²) in [4.78, 5) is 18.1. The van der Waals surface area contributed by atoms with Crippen molar-refractivity contribution in [1.82, 2.24) is 14.7 Å². The Labute approximate surface area is 116 Å². The van der Waals surface area contributed by atoms with Crippen LogP contribution in [-0.2, 0) is 4.79 Å². The van der Waals surface area contributed by atoms with E-state index in [2.05, 4.69) is 16.8 Å². The Morgan fingerprint density at radius 3 is 2.47 bits per heavy atom. The minimum atomic E-state index is -0.344. The van der Waals surface area contributed by atoms with Gasteiger partial charge in [-0.15, -0.1) is 0 Å². The second-order valence-electron chi connectivity index (χ2n) is 6.31. The maximum Gasteiger partial charge on any atom is 0.222 e. The van der Waals surface area contributed by atoms with Crippen LogP contribution in [0.2, 0.25) is 0 Å². The van der Waals surface area contributed by atoms with E-state index in [4.69, 9.17) is 0 Å². The molecule has 5 nitrogen and oxygen atoms in total. The van der Waals surface area contributed by atoms with Crippen LogP contribution in [0.25, 0.3) is 0 Å². The standard InChI is InChI=1S/C14H27N3O2/c1-15(2)14(19)8-11-9-17(10-13(11)18)12-4-6-16(3)7-5-12/h11-13,18H,4-10H2,1-3H3/t11-,13-/m0/s1. The molecule has 0 aromatic carbocycles. The molecule has 2 heterocycles. The van der Waals surface area contributed by atoms with E-state index >= 15 is 0 Å². The van der Waals surface area contributed by atoms with Crippen molar-refractivity contribution in [2.45, 2.75) is 31.4 Å². The molecule has 110 valence electrons. The minimum Gasteiger partial charge on any atom is -0.391 e. The number of nitrogens with zero attached hydrogens (tertiary/aromatic N) is 3. The van der Waals surface area contributed by atoms with Gasteiger partial charge in [-0.2, -0.15) is 0 Å². The molecular formula is C14H27N3O2. The first-order chi connectivity index (χ1) is 8.97. The number of carbonyl (C=O) groups is 1. The maximum absolute atomic E-state index is 11.8. The third-order valence-electron chi connectivity index (χ3n) is 4.57. The third kappa shape index (κ3) is 3.68. The van der Waals surface area contributed by atoms with Crippen LogP contribution in [0.1, 0.15) is 19.3 Å². The lowest BCUT2D eigenvalue weighted by Gasteiger charge is -2.35. The molecule has 0 aromatic heterocycles. The van der Waals surface area contributed by atoms with E-state index in [0.29, 0.717) is 12.5 Å². The van der Waals surface area contributed by atoms with Gasteiger partial charge in [0, 0.05) is 45.6 Å². The molecule has 2 saturated heterocycles. The lowest BCUT2D eigenvalue weighted by Crippen LogP contribution is -2.43. The van der Waals surface area contributed by atoms with E-state index in [-0.39, 0.29) is 17.9 Å². The molecule has 0 unspecified atom stereocenters. The van der Waals surface area contributed by atoms with E-state index in [9.17, 15) is 9.90 Å². The average molecular weight is 269 g/mol. The van der Waals surface area contributed by atoms with E-state index < -0.39 is 0 Å². The average Bonchev–Trinajstić information content (AvgIpc) is 2.71. The number of likely N-dealkylation sites (tertiary alicyclic amines) is 2. The Hall–Kier alpha value is -0.650. The molecule has 5 heteroatoms. The van der Waals surface area contributed by atoms with Crippen molar-refractivity contribution in [2.75, 3.05) is 47.3 Å². The predicted molar refractivity (Wildman–Crippen MR) is 74.9 cm³/mol. The van der Waals surface area contributed by atoms with Crippen LogP contribution < -0.4 is 0 Å². The van der Waals surface area contributed by atoms with Crippen molar-refractivity contribution in [3.8, 4) is 0 Å². The highest BCUT2D eigenvalue weighted by Gasteiger charge is 2.36. The van der Waals surface area contributed by atoms with Crippen LogP contribution in [0.3, 0.4) is 0 Å². The number of rotatable bonds is 3. The number of aliphatic hydroxyl groups is 1.